The van der Waals surface area contributed by atoms with Crippen molar-refractivity contribution in [2.24, 2.45) is 0 Å². The quantitative estimate of drug-likeness (QED) is 0.723. The maximum Gasteiger partial charge on any atom is 0.266 e. The van der Waals surface area contributed by atoms with Gasteiger partial charge in [0.1, 0.15) is 17.5 Å². The molecular formula is C22H22N2O4. The minimum absolute atomic E-state index is 0.0568. The SMILES string of the molecule is COc1ccc(C2C(Oc3cccc(C#N)c3)C(=O)N2CC2CCCO2)cc1. The van der Waals surface area contributed by atoms with Gasteiger partial charge in [-0.05, 0) is 48.7 Å². The number of nitriles is 1. The van der Waals surface area contributed by atoms with Crippen molar-refractivity contribution >= 4 is 5.91 Å². The van der Waals surface area contributed by atoms with Crippen LogP contribution in [-0.2, 0) is 9.53 Å². The Hall–Kier alpha value is -3.04. The zero-order valence-corrected chi connectivity index (χ0v) is 15.7. The zero-order chi connectivity index (χ0) is 19.5. The van der Waals surface area contributed by atoms with Gasteiger partial charge in [0.2, 0.25) is 6.10 Å². The molecule has 2 fully saturated rings. The molecule has 2 aromatic rings. The van der Waals surface area contributed by atoms with Gasteiger partial charge in [0.25, 0.3) is 5.91 Å². The molecule has 0 bridgehead atoms. The van der Waals surface area contributed by atoms with E-state index in [9.17, 15) is 4.79 Å². The van der Waals surface area contributed by atoms with E-state index in [4.69, 9.17) is 19.5 Å². The van der Waals surface area contributed by atoms with Crippen LogP contribution in [0.15, 0.2) is 48.5 Å². The highest BCUT2D eigenvalue weighted by Gasteiger charge is 2.50. The molecule has 0 radical (unpaired) electrons. The van der Waals surface area contributed by atoms with Crippen LogP contribution in [0.25, 0.3) is 0 Å². The van der Waals surface area contributed by atoms with Crippen molar-refractivity contribution in [3.63, 3.8) is 0 Å². The third kappa shape index (κ3) is 3.54. The van der Waals surface area contributed by atoms with E-state index in [0.717, 1.165) is 30.8 Å². The second kappa shape index (κ2) is 7.91. The number of benzene rings is 2. The molecule has 2 aliphatic heterocycles. The molecule has 3 unspecified atom stereocenters. The predicted octanol–water partition coefficient (Wildman–Crippen LogP) is 3.08. The topological polar surface area (TPSA) is 71.8 Å². The Balaban J connectivity index is 1.57. The van der Waals surface area contributed by atoms with Crippen LogP contribution in [0.4, 0.5) is 0 Å². The number of methoxy groups -OCH3 is 1. The molecule has 3 atom stereocenters. The standard InChI is InChI=1S/C22H22N2O4/c1-26-17-9-7-16(8-10-17)20-21(28-18-5-2-4-15(12-18)13-23)22(25)24(20)14-19-6-3-11-27-19/h2,4-5,7-10,12,19-21H,3,6,11,14H2,1H3. The maximum absolute atomic E-state index is 12.9. The Morgan fingerprint density at radius 3 is 2.71 bits per heavy atom. The highest BCUT2D eigenvalue weighted by atomic mass is 16.5. The monoisotopic (exact) mass is 378 g/mol. The van der Waals surface area contributed by atoms with Gasteiger partial charge in [-0.1, -0.05) is 18.2 Å². The van der Waals surface area contributed by atoms with E-state index in [-0.39, 0.29) is 18.1 Å². The molecule has 144 valence electrons. The summed E-state index contributed by atoms with van der Waals surface area (Å²) < 4.78 is 17.0. The highest BCUT2D eigenvalue weighted by Crippen LogP contribution is 2.39. The van der Waals surface area contributed by atoms with E-state index in [1.54, 1.807) is 31.4 Å². The lowest BCUT2D eigenvalue weighted by atomic mass is 9.89. The fourth-order valence-electron chi connectivity index (χ4n) is 3.78. The lowest BCUT2D eigenvalue weighted by Crippen LogP contribution is -2.62. The van der Waals surface area contributed by atoms with Gasteiger partial charge in [-0.25, -0.2) is 0 Å². The molecule has 1 amide bonds. The number of β-lactam (4-membered cyclic amide) rings is 1. The van der Waals surface area contributed by atoms with E-state index in [0.29, 0.717) is 17.9 Å². The number of likely N-dealkylation sites (tertiary alicyclic amines) is 1. The molecule has 2 aliphatic rings. The molecule has 28 heavy (non-hydrogen) atoms. The predicted molar refractivity (Wildman–Crippen MR) is 102 cm³/mol. The van der Waals surface area contributed by atoms with Crippen LogP contribution in [0.3, 0.4) is 0 Å². The van der Waals surface area contributed by atoms with Gasteiger partial charge in [0, 0.05) is 13.2 Å². The third-order valence-corrected chi connectivity index (χ3v) is 5.26. The maximum atomic E-state index is 12.9. The summed E-state index contributed by atoms with van der Waals surface area (Å²) in [5.74, 6) is 1.23. The largest absolute Gasteiger partial charge is 0.497 e. The van der Waals surface area contributed by atoms with Crippen molar-refractivity contribution < 1.29 is 19.0 Å². The molecule has 0 spiro atoms. The molecule has 4 rings (SSSR count). The number of carbonyl (C=O) groups is 1. The molecule has 0 aliphatic carbocycles. The van der Waals surface area contributed by atoms with Crippen molar-refractivity contribution in [3.05, 3.63) is 59.7 Å². The van der Waals surface area contributed by atoms with Crippen LogP contribution >= 0.6 is 0 Å². The molecule has 0 N–H and O–H groups in total. The first-order valence-corrected chi connectivity index (χ1v) is 9.42. The lowest BCUT2D eigenvalue weighted by molar-refractivity contribution is -0.167. The first kappa shape index (κ1) is 18.3. The van der Waals surface area contributed by atoms with Crippen molar-refractivity contribution in [2.45, 2.75) is 31.1 Å². The Kier molecular flexibility index (Phi) is 5.18. The van der Waals surface area contributed by atoms with E-state index in [2.05, 4.69) is 6.07 Å². The van der Waals surface area contributed by atoms with Gasteiger partial charge in [-0.3, -0.25) is 4.79 Å². The summed E-state index contributed by atoms with van der Waals surface area (Å²) in [7, 11) is 1.62. The van der Waals surface area contributed by atoms with Crippen molar-refractivity contribution in [3.8, 4) is 17.6 Å². The van der Waals surface area contributed by atoms with E-state index >= 15 is 0 Å². The molecule has 2 heterocycles. The van der Waals surface area contributed by atoms with E-state index in [1.807, 2.05) is 29.2 Å². The van der Waals surface area contributed by atoms with Crippen LogP contribution in [-0.4, -0.2) is 43.3 Å². The van der Waals surface area contributed by atoms with Gasteiger partial charge in [-0.15, -0.1) is 0 Å². The summed E-state index contributed by atoms with van der Waals surface area (Å²) in [6, 6.07) is 16.5. The normalized spacial score (nSPS) is 23.8. The second-order valence-corrected chi connectivity index (χ2v) is 7.02. The summed E-state index contributed by atoms with van der Waals surface area (Å²) >= 11 is 0. The fourth-order valence-corrected chi connectivity index (χ4v) is 3.78. The van der Waals surface area contributed by atoms with Crippen LogP contribution in [0.5, 0.6) is 11.5 Å². The van der Waals surface area contributed by atoms with Gasteiger partial charge >= 0.3 is 0 Å². The first-order valence-electron chi connectivity index (χ1n) is 9.42. The molecule has 0 saturated carbocycles. The molecule has 0 aromatic heterocycles. The number of carbonyl (C=O) groups excluding carboxylic acids is 1. The number of amides is 1. The number of nitrogens with zero attached hydrogens (tertiary/aromatic N) is 2. The van der Waals surface area contributed by atoms with Crippen LogP contribution < -0.4 is 9.47 Å². The van der Waals surface area contributed by atoms with Crippen molar-refractivity contribution in [2.75, 3.05) is 20.3 Å². The smallest absolute Gasteiger partial charge is 0.266 e. The Bertz CT molecular complexity index is 884. The number of ether oxygens (including phenoxy) is 3. The fraction of sp³-hybridized carbons (Fsp3) is 0.364. The summed E-state index contributed by atoms with van der Waals surface area (Å²) in [6.07, 6.45) is 1.45. The van der Waals surface area contributed by atoms with Crippen LogP contribution in [0.2, 0.25) is 0 Å². The minimum atomic E-state index is -0.622. The zero-order valence-electron chi connectivity index (χ0n) is 15.7. The number of rotatable bonds is 6. The minimum Gasteiger partial charge on any atom is -0.497 e. The van der Waals surface area contributed by atoms with Gasteiger partial charge in [-0.2, -0.15) is 5.26 Å². The lowest BCUT2D eigenvalue weighted by Gasteiger charge is -2.47. The second-order valence-electron chi connectivity index (χ2n) is 7.02. The molecule has 6 nitrogen and oxygen atoms in total. The van der Waals surface area contributed by atoms with Gasteiger partial charge < -0.3 is 19.1 Å². The Morgan fingerprint density at radius 1 is 1.21 bits per heavy atom. The first-order chi connectivity index (χ1) is 13.7. The summed E-state index contributed by atoms with van der Waals surface area (Å²) in [4.78, 5) is 14.7. The molecule has 2 saturated heterocycles. The molecule has 2 aromatic carbocycles. The van der Waals surface area contributed by atoms with E-state index in [1.165, 1.54) is 0 Å². The van der Waals surface area contributed by atoms with Crippen molar-refractivity contribution in [1.82, 2.24) is 4.90 Å². The summed E-state index contributed by atoms with van der Waals surface area (Å²) in [6.45, 7) is 1.31. The summed E-state index contributed by atoms with van der Waals surface area (Å²) in [5, 5.41) is 9.09. The Labute approximate surface area is 164 Å². The average molecular weight is 378 g/mol. The van der Waals surface area contributed by atoms with Crippen LogP contribution in [0, 0.1) is 11.3 Å². The molecule has 6 heteroatoms. The summed E-state index contributed by atoms with van der Waals surface area (Å²) in [5.41, 5.74) is 1.49. The van der Waals surface area contributed by atoms with E-state index < -0.39 is 6.10 Å². The molecular weight excluding hydrogens is 356 g/mol. The van der Waals surface area contributed by atoms with Gasteiger partial charge in [0.05, 0.1) is 24.8 Å². The van der Waals surface area contributed by atoms with Gasteiger partial charge in [0.15, 0.2) is 0 Å². The number of hydrogen-bond donors (Lipinski definition) is 0. The van der Waals surface area contributed by atoms with Crippen molar-refractivity contribution in [1.29, 1.82) is 5.26 Å². The number of hydrogen-bond acceptors (Lipinski definition) is 5. The highest BCUT2D eigenvalue weighted by molar-refractivity contribution is 5.89. The van der Waals surface area contributed by atoms with Crippen LogP contribution in [0.1, 0.15) is 30.0 Å². The third-order valence-electron chi connectivity index (χ3n) is 5.26. The average Bonchev–Trinajstić information content (AvgIpc) is 3.26. The Morgan fingerprint density at radius 2 is 2.04 bits per heavy atom.